The molecular weight excluding hydrogens is 228 g/mol. The molecule has 1 rings (SSSR count). The molecule has 0 saturated heterocycles. The van der Waals surface area contributed by atoms with Gasteiger partial charge in [-0.3, -0.25) is 10.1 Å². The number of aryl methyl sites for hydroxylation is 1. The van der Waals surface area contributed by atoms with Crippen LogP contribution >= 0.6 is 0 Å². The largest absolute Gasteiger partial charge is 0.313 e. The Hall–Kier alpha value is -1.68. The molecule has 1 N–H and O–H groups in total. The number of rotatable bonds is 6. The molecule has 1 aromatic carbocycles. The van der Waals surface area contributed by atoms with Gasteiger partial charge in [0, 0.05) is 18.2 Å². The number of nitro benzene ring substituents is 1. The lowest BCUT2D eigenvalue weighted by Gasteiger charge is -2.04. The van der Waals surface area contributed by atoms with Crippen LogP contribution in [-0.2, 0) is 0 Å². The highest BCUT2D eigenvalue weighted by Gasteiger charge is 2.09. The van der Waals surface area contributed by atoms with Crippen LogP contribution in [0.5, 0.6) is 0 Å². The number of nitrogens with one attached hydrogen (secondary N) is 1. The maximum Gasteiger partial charge on any atom is 0.272 e. The molecule has 4 nitrogen and oxygen atoms in total. The zero-order valence-electron chi connectivity index (χ0n) is 11.2. The zero-order valence-corrected chi connectivity index (χ0v) is 11.2. The first kappa shape index (κ1) is 14.4. The van der Waals surface area contributed by atoms with Gasteiger partial charge in [-0.1, -0.05) is 30.7 Å². The molecule has 4 heteroatoms. The second-order valence-electron chi connectivity index (χ2n) is 4.47. The van der Waals surface area contributed by atoms with Crippen LogP contribution in [-0.4, -0.2) is 18.0 Å². The lowest BCUT2D eigenvalue weighted by atomic mass is 10.1. The van der Waals surface area contributed by atoms with Crippen molar-refractivity contribution in [3.63, 3.8) is 0 Å². The fourth-order valence-corrected chi connectivity index (χ4v) is 1.71. The van der Waals surface area contributed by atoms with E-state index in [1.54, 1.807) is 19.1 Å². The lowest BCUT2D eigenvalue weighted by molar-refractivity contribution is -0.385. The lowest BCUT2D eigenvalue weighted by Crippen LogP contribution is -2.16. The second kappa shape index (κ2) is 6.91. The highest BCUT2D eigenvalue weighted by Crippen LogP contribution is 2.20. The monoisotopic (exact) mass is 248 g/mol. The van der Waals surface area contributed by atoms with Crippen LogP contribution in [0.25, 0.3) is 6.08 Å². The van der Waals surface area contributed by atoms with E-state index >= 15 is 0 Å². The molecule has 0 bridgehead atoms. The summed E-state index contributed by atoms with van der Waals surface area (Å²) in [6.45, 7) is 7.69. The van der Waals surface area contributed by atoms with E-state index < -0.39 is 0 Å². The fourth-order valence-electron chi connectivity index (χ4n) is 1.71. The highest BCUT2D eigenvalue weighted by atomic mass is 16.6. The maximum absolute atomic E-state index is 10.8. The Morgan fingerprint density at radius 2 is 2.22 bits per heavy atom. The van der Waals surface area contributed by atoms with Gasteiger partial charge in [-0.25, -0.2) is 0 Å². The number of nitro groups is 1. The predicted molar refractivity (Wildman–Crippen MR) is 74.6 cm³/mol. The van der Waals surface area contributed by atoms with Crippen molar-refractivity contribution in [3.8, 4) is 0 Å². The molecule has 0 amide bonds. The summed E-state index contributed by atoms with van der Waals surface area (Å²) in [6, 6.07) is 5.32. The quantitative estimate of drug-likeness (QED) is 0.477. The molecule has 0 atom stereocenters. The fraction of sp³-hybridized carbons (Fsp3) is 0.429. The number of hydrogen-bond donors (Lipinski definition) is 1. The van der Waals surface area contributed by atoms with Gasteiger partial charge in [-0.2, -0.15) is 0 Å². The average molecular weight is 248 g/mol. The van der Waals surface area contributed by atoms with Crippen molar-refractivity contribution in [2.45, 2.75) is 27.2 Å². The van der Waals surface area contributed by atoms with Gasteiger partial charge in [0.15, 0.2) is 0 Å². The van der Waals surface area contributed by atoms with E-state index in [1.165, 1.54) is 5.57 Å². The molecule has 0 spiro atoms. The van der Waals surface area contributed by atoms with Gasteiger partial charge in [-0.05, 0) is 32.4 Å². The smallest absolute Gasteiger partial charge is 0.272 e. The van der Waals surface area contributed by atoms with Crippen LogP contribution < -0.4 is 5.32 Å². The second-order valence-corrected chi connectivity index (χ2v) is 4.47. The minimum atomic E-state index is -0.336. The topological polar surface area (TPSA) is 55.2 Å². The van der Waals surface area contributed by atoms with Gasteiger partial charge >= 0.3 is 0 Å². The van der Waals surface area contributed by atoms with Gasteiger partial charge < -0.3 is 5.32 Å². The molecule has 18 heavy (non-hydrogen) atoms. The van der Waals surface area contributed by atoms with E-state index in [0.717, 1.165) is 25.1 Å². The van der Waals surface area contributed by atoms with Crippen LogP contribution in [0, 0.1) is 17.0 Å². The summed E-state index contributed by atoms with van der Waals surface area (Å²) in [5.41, 5.74) is 2.92. The van der Waals surface area contributed by atoms with Crippen molar-refractivity contribution in [2.75, 3.05) is 13.1 Å². The van der Waals surface area contributed by atoms with Crippen molar-refractivity contribution < 1.29 is 4.92 Å². The first-order valence-corrected chi connectivity index (χ1v) is 6.17. The van der Waals surface area contributed by atoms with Crippen molar-refractivity contribution in [1.29, 1.82) is 0 Å². The summed E-state index contributed by atoms with van der Waals surface area (Å²) >= 11 is 0. The normalized spacial score (nSPS) is 11.6. The molecule has 0 heterocycles. The molecular formula is C14H20N2O2. The standard InChI is InChI=1S/C14H20N2O2/c1-4-7-15-10-11(2)8-13-6-5-12(3)14(9-13)16(17)18/h5-6,8-9,15H,4,7,10H2,1-3H3. The van der Waals surface area contributed by atoms with E-state index in [-0.39, 0.29) is 10.6 Å². The summed E-state index contributed by atoms with van der Waals surface area (Å²) < 4.78 is 0. The van der Waals surface area contributed by atoms with Crippen molar-refractivity contribution in [1.82, 2.24) is 5.32 Å². The van der Waals surface area contributed by atoms with Crippen LogP contribution in [0.3, 0.4) is 0 Å². The van der Waals surface area contributed by atoms with Gasteiger partial charge in [0.1, 0.15) is 0 Å². The number of hydrogen-bond acceptors (Lipinski definition) is 3. The molecule has 0 aliphatic heterocycles. The van der Waals surface area contributed by atoms with E-state index in [1.807, 2.05) is 19.1 Å². The van der Waals surface area contributed by atoms with Gasteiger partial charge in [0.05, 0.1) is 4.92 Å². The van der Waals surface area contributed by atoms with E-state index in [9.17, 15) is 10.1 Å². The van der Waals surface area contributed by atoms with Crippen LogP contribution in [0.2, 0.25) is 0 Å². The van der Waals surface area contributed by atoms with E-state index in [2.05, 4.69) is 12.2 Å². The molecule has 1 aromatic rings. The SMILES string of the molecule is CCCNCC(C)=Cc1ccc(C)c([N+](=O)[O-])c1. The van der Waals surface area contributed by atoms with E-state index in [0.29, 0.717) is 5.56 Å². The third kappa shape index (κ3) is 4.30. The summed E-state index contributed by atoms with van der Waals surface area (Å²) in [5, 5.41) is 14.1. The summed E-state index contributed by atoms with van der Waals surface area (Å²) in [5.74, 6) is 0. The Bertz CT molecular complexity index is 453. The molecule has 0 radical (unpaired) electrons. The third-order valence-electron chi connectivity index (χ3n) is 2.67. The van der Waals surface area contributed by atoms with Gasteiger partial charge in [-0.15, -0.1) is 0 Å². The Morgan fingerprint density at radius 1 is 1.50 bits per heavy atom. The average Bonchev–Trinajstić information content (AvgIpc) is 2.31. The van der Waals surface area contributed by atoms with Crippen LogP contribution in [0.1, 0.15) is 31.4 Å². The van der Waals surface area contributed by atoms with Crippen molar-refractivity contribution >= 4 is 11.8 Å². The zero-order chi connectivity index (χ0) is 13.5. The van der Waals surface area contributed by atoms with Crippen LogP contribution in [0.4, 0.5) is 5.69 Å². The minimum Gasteiger partial charge on any atom is -0.313 e. The van der Waals surface area contributed by atoms with Crippen LogP contribution in [0.15, 0.2) is 23.8 Å². The molecule has 0 aromatic heterocycles. The Labute approximate surface area is 108 Å². The molecule has 0 unspecified atom stereocenters. The third-order valence-corrected chi connectivity index (χ3v) is 2.67. The Kier molecular flexibility index (Phi) is 5.52. The Balaban J connectivity index is 2.81. The summed E-state index contributed by atoms with van der Waals surface area (Å²) in [4.78, 5) is 10.5. The first-order chi connectivity index (χ1) is 8.54. The van der Waals surface area contributed by atoms with Gasteiger partial charge in [0.25, 0.3) is 5.69 Å². The summed E-state index contributed by atoms with van der Waals surface area (Å²) in [7, 11) is 0. The van der Waals surface area contributed by atoms with Gasteiger partial charge in [0.2, 0.25) is 0 Å². The number of benzene rings is 1. The molecule has 0 fully saturated rings. The van der Waals surface area contributed by atoms with E-state index in [4.69, 9.17) is 0 Å². The Morgan fingerprint density at radius 3 is 2.83 bits per heavy atom. The molecule has 98 valence electrons. The van der Waals surface area contributed by atoms with Crippen molar-refractivity contribution in [2.24, 2.45) is 0 Å². The minimum absolute atomic E-state index is 0.179. The summed E-state index contributed by atoms with van der Waals surface area (Å²) in [6.07, 6.45) is 3.08. The highest BCUT2D eigenvalue weighted by molar-refractivity contribution is 5.58. The molecule has 0 aliphatic carbocycles. The maximum atomic E-state index is 10.8. The first-order valence-electron chi connectivity index (χ1n) is 6.17. The molecule has 0 saturated carbocycles. The number of nitrogens with zero attached hydrogens (tertiary/aromatic N) is 1. The van der Waals surface area contributed by atoms with Crippen molar-refractivity contribution in [3.05, 3.63) is 45.0 Å². The molecule has 0 aliphatic rings. The predicted octanol–water partition coefficient (Wildman–Crippen LogP) is 3.31.